The summed E-state index contributed by atoms with van der Waals surface area (Å²) in [7, 11) is 0. The first-order valence-electron chi connectivity index (χ1n) is 18.8. The normalized spacial score (nSPS) is 11.6. The zero-order chi connectivity index (χ0) is 37.0. The minimum absolute atomic E-state index is 0.615. The molecule has 262 valence electrons. The number of rotatable bonds is 6. The molecule has 0 aliphatic heterocycles. The Kier molecular flexibility index (Phi) is 7.42. The van der Waals surface area contributed by atoms with E-state index in [1.54, 1.807) is 0 Å². The molecule has 0 bridgehead atoms. The van der Waals surface area contributed by atoms with Gasteiger partial charge in [0, 0.05) is 49.5 Å². The maximum Gasteiger partial charge on any atom is 0.164 e. The van der Waals surface area contributed by atoms with Crippen LogP contribution in [0, 0.1) is 0 Å². The van der Waals surface area contributed by atoms with Crippen LogP contribution in [-0.2, 0) is 0 Å². The van der Waals surface area contributed by atoms with Crippen LogP contribution in [0.4, 0.5) is 0 Å². The molecule has 0 fully saturated rings. The average Bonchev–Trinajstić information content (AvgIpc) is 3.82. The van der Waals surface area contributed by atoms with Crippen LogP contribution in [0.2, 0.25) is 0 Å². The first-order chi connectivity index (χ1) is 27.7. The maximum atomic E-state index is 6.51. The monoisotopic (exact) mass is 716 g/mol. The van der Waals surface area contributed by atoms with Crippen molar-refractivity contribution in [1.29, 1.82) is 0 Å². The molecule has 3 heterocycles. The van der Waals surface area contributed by atoms with E-state index in [0.29, 0.717) is 17.5 Å². The number of aromatic nitrogens is 4. The third-order valence-corrected chi connectivity index (χ3v) is 10.7. The highest BCUT2D eigenvalue weighted by atomic mass is 16.3. The van der Waals surface area contributed by atoms with Crippen molar-refractivity contribution in [1.82, 2.24) is 19.5 Å². The third kappa shape index (κ3) is 5.37. The van der Waals surface area contributed by atoms with Crippen LogP contribution in [0.15, 0.2) is 199 Å². The van der Waals surface area contributed by atoms with Gasteiger partial charge in [0.15, 0.2) is 17.5 Å². The van der Waals surface area contributed by atoms with Gasteiger partial charge in [0.25, 0.3) is 0 Å². The van der Waals surface area contributed by atoms with Crippen LogP contribution in [0.25, 0.3) is 106 Å². The Morgan fingerprint density at radius 1 is 0.339 bits per heavy atom. The third-order valence-electron chi connectivity index (χ3n) is 10.7. The molecule has 0 saturated heterocycles. The maximum absolute atomic E-state index is 6.51. The van der Waals surface area contributed by atoms with Gasteiger partial charge >= 0.3 is 0 Å². The number of hydrogen-bond acceptors (Lipinski definition) is 4. The van der Waals surface area contributed by atoms with E-state index < -0.39 is 0 Å². The summed E-state index contributed by atoms with van der Waals surface area (Å²) >= 11 is 0. The highest BCUT2D eigenvalue weighted by molar-refractivity contribution is 6.13. The molecular weight excluding hydrogens is 685 g/mol. The lowest BCUT2D eigenvalue weighted by atomic mass is 10.00. The lowest BCUT2D eigenvalue weighted by molar-refractivity contribution is 0.670. The van der Waals surface area contributed by atoms with E-state index in [-0.39, 0.29) is 0 Å². The molecular formula is C51H32N4O. The fourth-order valence-electron chi connectivity index (χ4n) is 7.97. The number of benzene rings is 8. The molecule has 8 aromatic carbocycles. The zero-order valence-corrected chi connectivity index (χ0v) is 30.2. The van der Waals surface area contributed by atoms with Gasteiger partial charge in [0.05, 0.1) is 11.0 Å². The van der Waals surface area contributed by atoms with E-state index >= 15 is 0 Å². The minimum Gasteiger partial charge on any atom is -0.455 e. The van der Waals surface area contributed by atoms with Crippen LogP contribution in [-0.4, -0.2) is 19.5 Å². The summed E-state index contributed by atoms with van der Waals surface area (Å²) in [4.78, 5) is 15.0. The van der Waals surface area contributed by atoms with E-state index in [0.717, 1.165) is 66.5 Å². The predicted molar refractivity (Wildman–Crippen MR) is 229 cm³/mol. The van der Waals surface area contributed by atoms with E-state index in [1.165, 1.54) is 21.9 Å². The van der Waals surface area contributed by atoms with Gasteiger partial charge in [-0.15, -0.1) is 0 Å². The summed E-state index contributed by atoms with van der Waals surface area (Å²) in [6, 6.07) is 67.5. The summed E-state index contributed by atoms with van der Waals surface area (Å²) in [5.74, 6) is 1.88. The van der Waals surface area contributed by atoms with Gasteiger partial charge in [-0.1, -0.05) is 158 Å². The highest BCUT2D eigenvalue weighted by Gasteiger charge is 2.19. The van der Waals surface area contributed by atoms with Gasteiger partial charge < -0.3 is 8.98 Å². The first-order valence-corrected chi connectivity index (χ1v) is 18.8. The van der Waals surface area contributed by atoms with E-state index in [1.807, 2.05) is 72.8 Å². The first kappa shape index (κ1) is 31.9. The molecule has 0 N–H and O–H groups in total. The molecule has 0 aliphatic carbocycles. The van der Waals surface area contributed by atoms with Gasteiger partial charge in [-0.25, -0.2) is 15.0 Å². The Bertz CT molecular complexity index is 3180. The number of para-hydroxylation sites is 2. The van der Waals surface area contributed by atoms with Crippen molar-refractivity contribution < 1.29 is 4.42 Å². The SMILES string of the molecule is c1ccc(-c2ccc3c(c2)c2ccc(-c4cccc5c4oc4ccccc45)cc2n3-c2cccc(-c3nc(-c4ccccc4)nc(-c4ccccc4)n3)c2)cc1. The smallest absolute Gasteiger partial charge is 0.164 e. The van der Waals surface area contributed by atoms with Crippen molar-refractivity contribution in [3.8, 4) is 62.1 Å². The fraction of sp³-hybridized carbons (Fsp3) is 0. The molecule has 0 spiro atoms. The highest BCUT2D eigenvalue weighted by Crippen LogP contribution is 2.40. The molecule has 5 nitrogen and oxygen atoms in total. The second kappa shape index (κ2) is 13.0. The topological polar surface area (TPSA) is 56.7 Å². The molecule has 0 radical (unpaired) electrons. The molecule has 0 atom stereocenters. The van der Waals surface area contributed by atoms with E-state index in [4.69, 9.17) is 19.4 Å². The number of hydrogen-bond donors (Lipinski definition) is 0. The average molecular weight is 717 g/mol. The summed E-state index contributed by atoms with van der Waals surface area (Å²) < 4.78 is 8.87. The summed E-state index contributed by atoms with van der Waals surface area (Å²) in [5, 5.41) is 4.58. The Labute approximate surface area is 322 Å². The van der Waals surface area contributed by atoms with Crippen LogP contribution >= 0.6 is 0 Å². The standard InChI is InChI=1S/C51H32N4O/c1-4-14-33(15-5-1)36-27-29-45-44(31-36)41-28-26-37(40-23-13-24-43-42-22-10-11-25-47(42)56-48(40)43)32-46(41)55(45)39-21-12-20-38(30-39)51-53-49(34-16-6-2-7-17-34)52-50(54-51)35-18-8-3-9-19-35/h1-32H. The van der Waals surface area contributed by atoms with Crippen molar-refractivity contribution in [3.63, 3.8) is 0 Å². The lowest BCUT2D eigenvalue weighted by Crippen LogP contribution is -2.01. The second-order valence-electron chi connectivity index (χ2n) is 14.0. The molecule has 11 rings (SSSR count). The van der Waals surface area contributed by atoms with Crippen molar-refractivity contribution >= 4 is 43.7 Å². The Balaban J connectivity index is 1.13. The zero-order valence-electron chi connectivity index (χ0n) is 30.2. The molecule has 56 heavy (non-hydrogen) atoms. The van der Waals surface area contributed by atoms with Gasteiger partial charge in [-0.05, 0) is 53.1 Å². The molecule has 11 aromatic rings. The summed E-state index contributed by atoms with van der Waals surface area (Å²) in [5.41, 5.74) is 12.3. The van der Waals surface area contributed by atoms with Crippen molar-refractivity contribution in [3.05, 3.63) is 194 Å². The van der Waals surface area contributed by atoms with Gasteiger partial charge in [-0.2, -0.15) is 0 Å². The molecule has 3 aromatic heterocycles. The Hall–Kier alpha value is -7.63. The van der Waals surface area contributed by atoms with Crippen molar-refractivity contribution in [2.75, 3.05) is 0 Å². The molecule has 0 unspecified atom stereocenters. The summed E-state index contributed by atoms with van der Waals surface area (Å²) in [6.07, 6.45) is 0. The van der Waals surface area contributed by atoms with Gasteiger partial charge in [-0.3, -0.25) is 0 Å². The van der Waals surface area contributed by atoms with Gasteiger partial charge in [0.2, 0.25) is 0 Å². The second-order valence-corrected chi connectivity index (χ2v) is 14.0. The van der Waals surface area contributed by atoms with Crippen LogP contribution < -0.4 is 0 Å². The molecule has 5 heteroatoms. The number of fused-ring (bicyclic) bond motifs is 6. The van der Waals surface area contributed by atoms with Crippen LogP contribution in [0.3, 0.4) is 0 Å². The molecule has 0 amide bonds. The Morgan fingerprint density at radius 3 is 1.66 bits per heavy atom. The van der Waals surface area contributed by atoms with Crippen LogP contribution in [0.1, 0.15) is 0 Å². The van der Waals surface area contributed by atoms with Crippen molar-refractivity contribution in [2.45, 2.75) is 0 Å². The number of furan rings is 1. The van der Waals surface area contributed by atoms with Crippen LogP contribution in [0.5, 0.6) is 0 Å². The number of nitrogens with zero attached hydrogens (tertiary/aromatic N) is 4. The molecule has 0 saturated carbocycles. The van der Waals surface area contributed by atoms with Crippen molar-refractivity contribution in [2.24, 2.45) is 0 Å². The minimum atomic E-state index is 0.615. The van der Waals surface area contributed by atoms with E-state index in [2.05, 4.69) is 126 Å². The fourth-order valence-corrected chi connectivity index (χ4v) is 7.97. The van der Waals surface area contributed by atoms with E-state index in [9.17, 15) is 0 Å². The summed E-state index contributed by atoms with van der Waals surface area (Å²) in [6.45, 7) is 0. The van der Waals surface area contributed by atoms with Gasteiger partial charge in [0.1, 0.15) is 11.2 Å². The molecule has 0 aliphatic rings. The quantitative estimate of drug-likeness (QED) is 0.172. The predicted octanol–water partition coefficient (Wildman–Crippen LogP) is 13.2. The largest absolute Gasteiger partial charge is 0.455 e. The Morgan fingerprint density at radius 2 is 0.929 bits per heavy atom. The lowest BCUT2D eigenvalue weighted by Gasteiger charge is -2.12.